The lowest BCUT2D eigenvalue weighted by molar-refractivity contribution is 0.210. The van der Waals surface area contributed by atoms with E-state index >= 15 is 0 Å². The second-order valence-corrected chi connectivity index (χ2v) is 5.07. The quantitative estimate of drug-likeness (QED) is 0.709. The summed E-state index contributed by atoms with van der Waals surface area (Å²) in [6, 6.07) is 5.69. The monoisotopic (exact) mass is 300 g/mol. The first kappa shape index (κ1) is 14.6. The molecule has 0 aliphatic heterocycles. The Bertz CT molecular complexity index is 762. The standard InChI is InChI=1S/C16H20N4O2/c1-4-12-11(2)18-15-10-13(14-6-5-8-22-14)19-20(15)16(12)17-7-9-21-3/h5-6,8,10,17H,4,7,9H2,1-3H3. The summed E-state index contributed by atoms with van der Waals surface area (Å²) in [5, 5.41) is 8.05. The Morgan fingerprint density at radius 3 is 2.95 bits per heavy atom. The molecule has 6 heteroatoms. The van der Waals surface area contributed by atoms with E-state index in [1.54, 1.807) is 13.4 Å². The van der Waals surface area contributed by atoms with E-state index < -0.39 is 0 Å². The average molecular weight is 300 g/mol. The van der Waals surface area contributed by atoms with Gasteiger partial charge in [-0.15, -0.1) is 0 Å². The van der Waals surface area contributed by atoms with Crippen LogP contribution in [0.1, 0.15) is 18.2 Å². The van der Waals surface area contributed by atoms with Gasteiger partial charge in [-0.05, 0) is 25.5 Å². The maximum Gasteiger partial charge on any atom is 0.158 e. The molecule has 3 rings (SSSR count). The topological polar surface area (TPSA) is 64.6 Å². The lowest BCUT2D eigenvalue weighted by Gasteiger charge is -2.14. The number of methoxy groups -OCH3 is 1. The minimum Gasteiger partial charge on any atom is -0.463 e. The number of fused-ring (bicyclic) bond motifs is 1. The van der Waals surface area contributed by atoms with E-state index in [1.165, 1.54) is 0 Å². The second kappa shape index (κ2) is 6.19. The van der Waals surface area contributed by atoms with Gasteiger partial charge < -0.3 is 14.5 Å². The molecule has 6 nitrogen and oxygen atoms in total. The number of nitrogens with zero attached hydrogens (tertiary/aromatic N) is 3. The number of aromatic nitrogens is 3. The van der Waals surface area contributed by atoms with Crippen molar-refractivity contribution < 1.29 is 9.15 Å². The highest BCUT2D eigenvalue weighted by atomic mass is 16.5. The predicted octanol–water partition coefficient (Wildman–Crippen LogP) is 2.92. The molecule has 3 aromatic heterocycles. The van der Waals surface area contributed by atoms with E-state index in [2.05, 4.69) is 22.3 Å². The molecule has 0 aliphatic carbocycles. The zero-order valence-electron chi connectivity index (χ0n) is 13.1. The average Bonchev–Trinajstić information content (AvgIpc) is 3.15. The third-order valence-corrected chi connectivity index (χ3v) is 3.63. The van der Waals surface area contributed by atoms with Crippen LogP contribution in [0.15, 0.2) is 28.9 Å². The molecule has 0 atom stereocenters. The lowest BCUT2D eigenvalue weighted by Crippen LogP contribution is -2.14. The highest BCUT2D eigenvalue weighted by Crippen LogP contribution is 2.25. The molecular formula is C16H20N4O2. The summed E-state index contributed by atoms with van der Waals surface area (Å²) in [5.74, 6) is 1.71. The highest BCUT2D eigenvalue weighted by molar-refractivity contribution is 5.63. The van der Waals surface area contributed by atoms with Gasteiger partial charge in [0.15, 0.2) is 11.4 Å². The SMILES string of the molecule is CCc1c(C)nc2cc(-c3ccco3)nn2c1NCCOC. The van der Waals surface area contributed by atoms with Gasteiger partial charge in [-0.2, -0.15) is 9.61 Å². The molecule has 0 radical (unpaired) electrons. The Morgan fingerprint density at radius 2 is 2.27 bits per heavy atom. The fraction of sp³-hybridized carbons (Fsp3) is 0.375. The summed E-state index contributed by atoms with van der Waals surface area (Å²) in [7, 11) is 1.69. The predicted molar refractivity (Wildman–Crippen MR) is 85.2 cm³/mol. The van der Waals surface area contributed by atoms with E-state index in [9.17, 15) is 0 Å². The molecule has 0 unspecified atom stereocenters. The lowest BCUT2D eigenvalue weighted by atomic mass is 10.1. The molecule has 0 aliphatic rings. The Labute approximate surface area is 129 Å². The molecule has 116 valence electrons. The Morgan fingerprint density at radius 1 is 1.41 bits per heavy atom. The maximum absolute atomic E-state index is 5.43. The van der Waals surface area contributed by atoms with Crippen LogP contribution in [0, 0.1) is 6.92 Å². The number of anilines is 1. The molecule has 0 fully saturated rings. The largest absolute Gasteiger partial charge is 0.463 e. The van der Waals surface area contributed by atoms with Gasteiger partial charge in [-0.25, -0.2) is 4.98 Å². The molecule has 0 bridgehead atoms. The van der Waals surface area contributed by atoms with Crippen molar-refractivity contribution in [3.8, 4) is 11.5 Å². The van der Waals surface area contributed by atoms with Crippen LogP contribution < -0.4 is 5.32 Å². The minimum atomic E-state index is 0.637. The van der Waals surface area contributed by atoms with E-state index in [4.69, 9.17) is 9.15 Å². The number of aryl methyl sites for hydroxylation is 1. The molecule has 0 aromatic carbocycles. The Kier molecular flexibility index (Phi) is 4.11. The Balaban J connectivity index is 2.11. The molecule has 0 amide bonds. The van der Waals surface area contributed by atoms with Gasteiger partial charge in [0.25, 0.3) is 0 Å². The number of furan rings is 1. The third-order valence-electron chi connectivity index (χ3n) is 3.63. The van der Waals surface area contributed by atoms with Crippen LogP contribution in [0.5, 0.6) is 0 Å². The van der Waals surface area contributed by atoms with Gasteiger partial charge in [0.05, 0.1) is 12.9 Å². The zero-order valence-corrected chi connectivity index (χ0v) is 13.1. The van der Waals surface area contributed by atoms with Crippen LogP contribution in [0.3, 0.4) is 0 Å². The fourth-order valence-electron chi connectivity index (χ4n) is 2.58. The van der Waals surface area contributed by atoms with Crippen molar-refractivity contribution in [2.45, 2.75) is 20.3 Å². The van der Waals surface area contributed by atoms with Crippen molar-refractivity contribution in [3.05, 3.63) is 35.7 Å². The van der Waals surface area contributed by atoms with Crippen molar-refractivity contribution in [2.75, 3.05) is 25.6 Å². The van der Waals surface area contributed by atoms with Crippen molar-refractivity contribution >= 4 is 11.5 Å². The normalized spacial score (nSPS) is 11.2. The van der Waals surface area contributed by atoms with Crippen LogP contribution in [-0.4, -0.2) is 34.9 Å². The molecule has 0 saturated heterocycles. The summed E-state index contributed by atoms with van der Waals surface area (Å²) in [5.41, 5.74) is 3.76. The number of hydrogen-bond acceptors (Lipinski definition) is 5. The molecule has 0 saturated carbocycles. The molecule has 22 heavy (non-hydrogen) atoms. The third kappa shape index (κ3) is 2.57. The fourth-order valence-corrected chi connectivity index (χ4v) is 2.58. The van der Waals surface area contributed by atoms with E-state index in [0.29, 0.717) is 6.61 Å². The van der Waals surface area contributed by atoms with E-state index in [1.807, 2.05) is 29.6 Å². The van der Waals surface area contributed by atoms with Crippen molar-refractivity contribution in [3.63, 3.8) is 0 Å². The number of rotatable bonds is 6. The van der Waals surface area contributed by atoms with Crippen molar-refractivity contribution in [1.82, 2.24) is 14.6 Å². The van der Waals surface area contributed by atoms with Crippen molar-refractivity contribution in [1.29, 1.82) is 0 Å². The summed E-state index contributed by atoms with van der Waals surface area (Å²) in [4.78, 5) is 4.65. The smallest absolute Gasteiger partial charge is 0.158 e. The molecule has 3 heterocycles. The zero-order chi connectivity index (χ0) is 15.5. The molecule has 1 N–H and O–H groups in total. The van der Waals surface area contributed by atoms with Gasteiger partial charge >= 0.3 is 0 Å². The molecule has 0 spiro atoms. The first-order valence-electron chi connectivity index (χ1n) is 7.40. The van der Waals surface area contributed by atoms with Crippen LogP contribution >= 0.6 is 0 Å². The first-order valence-corrected chi connectivity index (χ1v) is 7.40. The van der Waals surface area contributed by atoms with Gasteiger partial charge in [0, 0.05) is 31.0 Å². The summed E-state index contributed by atoms with van der Waals surface area (Å²) >= 11 is 0. The van der Waals surface area contributed by atoms with Gasteiger partial charge in [-0.1, -0.05) is 6.92 Å². The van der Waals surface area contributed by atoms with Crippen LogP contribution in [0.25, 0.3) is 17.1 Å². The van der Waals surface area contributed by atoms with Crippen LogP contribution in [0.4, 0.5) is 5.82 Å². The van der Waals surface area contributed by atoms with Gasteiger partial charge in [0.2, 0.25) is 0 Å². The van der Waals surface area contributed by atoms with Gasteiger partial charge in [-0.3, -0.25) is 0 Å². The van der Waals surface area contributed by atoms with Crippen LogP contribution in [-0.2, 0) is 11.2 Å². The van der Waals surface area contributed by atoms with E-state index in [0.717, 1.165) is 47.1 Å². The molecular weight excluding hydrogens is 280 g/mol. The van der Waals surface area contributed by atoms with Gasteiger partial charge in [0.1, 0.15) is 11.5 Å². The number of hydrogen-bond donors (Lipinski definition) is 1. The maximum atomic E-state index is 5.43. The van der Waals surface area contributed by atoms with Crippen LogP contribution in [0.2, 0.25) is 0 Å². The Hall–Kier alpha value is -2.34. The minimum absolute atomic E-state index is 0.637. The molecule has 3 aromatic rings. The second-order valence-electron chi connectivity index (χ2n) is 5.07. The van der Waals surface area contributed by atoms with Crippen molar-refractivity contribution in [2.24, 2.45) is 0 Å². The van der Waals surface area contributed by atoms with E-state index in [-0.39, 0.29) is 0 Å². The number of nitrogens with one attached hydrogen (secondary N) is 1. The summed E-state index contributed by atoms with van der Waals surface area (Å²) in [6.07, 6.45) is 2.54. The number of ether oxygens (including phenoxy) is 1. The highest BCUT2D eigenvalue weighted by Gasteiger charge is 2.15. The first-order chi connectivity index (χ1) is 10.7. The summed E-state index contributed by atoms with van der Waals surface area (Å²) < 4.78 is 12.4. The summed E-state index contributed by atoms with van der Waals surface area (Å²) in [6.45, 7) is 5.50.